The maximum Gasteiger partial charge on any atom is 0.276 e. The summed E-state index contributed by atoms with van der Waals surface area (Å²) in [6.45, 7) is 4.82. The van der Waals surface area contributed by atoms with E-state index in [1.54, 1.807) is 13.0 Å². The number of aryl methyl sites for hydroxylation is 1. The third kappa shape index (κ3) is 2.70. The fraction of sp³-hybridized carbons (Fsp3) is 0.706. The number of hydrogen-bond donors (Lipinski definition) is 0. The number of aromatic nitrogens is 1. The van der Waals surface area contributed by atoms with Gasteiger partial charge in [-0.25, -0.2) is 0 Å². The Labute approximate surface area is 140 Å². The van der Waals surface area contributed by atoms with Gasteiger partial charge >= 0.3 is 0 Å². The van der Waals surface area contributed by atoms with Crippen LogP contribution in [0.15, 0.2) is 10.6 Å². The molecule has 0 unspecified atom stereocenters. The van der Waals surface area contributed by atoms with Crippen molar-refractivity contribution in [3.63, 3.8) is 0 Å². The zero-order valence-electron chi connectivity index (χ0n) is 13.9. The zero-order chi connectivity index (χ0) is 16.7. The molecule has 0 bridgehead atoms. The largest absolute Gasteiger partial charge is 0.381 e. The van der Waals surface area contributed by atoms with Crippen LogP contribution in [0.25, 0.3) is 0 Å². The summed E-state index contributed by atoms with van der Waals surface area (Å²) in [5.41, 5.74) is 0.337. The molecule has 3 fully saturated rings. The lowest BCUT2D eigenvalue weighted by molar-refractivity contribution is -0.130. The summed E-state index contributed by atoms with van der Waals surface area (Å²) >= 11 is 0. The number of rotatable bonds is 3. The fourth-order valence-corrected chi connectivity index (χ4v) is 4.24. The predicted octanol–water partition coefficient (Wildman–Crippen LogP) is 1.23. The van der Waals surface area contributed by atoms with Crippen LogP contribution in [-0.2, 0) is 9.53 Å². The van der Waals surface area contributed by atoms with Crippen LogP contribution in [-0.4, -0.2) is 65.2 Å². The number of likely N-dealkylation sites (tertiary alicyclic amines) is 2. The Bertz CT molecular complexity index is 638. The highest BCUT2D eigenvalue weighted by molar-refractivity contribution is 5.94. The minimum Gasteiger partial charge on any atom is -0.381 e. The van der Waals surface area contributed by atoms with Crippen LogP contribution in [0.2, 0.25) is 0 Å². The summed E-state index contributed by atoms with van der Waals surface area (Å²) in [4.78, 5) is 29.0. The molecule has 2 atom stereocenters. The van der Waals surface area contributed by atoms with Gasteiger partial charge in [-0.2, -0.15) is 0 Å². The molecule has 3 saturated heterocycles. The standard InChI is InChI=1S/C17H23N3O4/c1-11-8-13(18-24-11)17(22)19-5-2-14-15(19)9-16(21)20(14)10-12-3-6-23-7-4-12/h8,12,14-15H,2-7,9-10H2,1H3/t14-,15+/m1/s1. The van der Waals surface area contributed by atoms with Gasteiger partial charge in [0.05, 0.1) is 12.1 Å². The first kappa shape index (κ1) is 15.6. The van der Waals surface area contributed by atoms with Crippen LogP contribution in [0.3, 0.4) is 0 Å². The van der Waals surface area contributed by atoms with Crippen molar-refractivity contribution in [3.05, 3.63) is 17.5 Å². The molecule has 24 heavy (non-hydrogen) atoms. The maximum absolute atomic E-state index is 12.7. The van der Waals surface area contributed by atoms with Gasteiger partial charge in [0, 0.05) is 38.8 Å². The van der Waals surface area contributed by atoms with Crippen LogP contribution < -0.4 is 0 Å². The molecule has 3 aliphatic rings. The van der Waals surface area contributed by atoms with Gasteiger partial charge in [0.15, 0.2) is 5.69 Å². The highest BCUT2D eigenvalue weighted by atomic mass is 16.5. The molecule has 1 aromatic rings. The topological polar surface area (TPSA) is 75.9 Å². The van der Waals surface area contributed by atoms with Crippen molar-refractivity contribution in [2.75, 3.05) is 26.3 Å². The Morgan fingerprint density at radius 3 is 2.79 bits per heavy atom. The summed E-state index contributed by atoms with van der Waals surface area (Å²) < 4.78 is 10.4. The summed E-state index contributed by atoms with van der Waals surface area (Å²) in [5.74, 6) is 1.19. The first-order valence-corrected chi connectivity index (χ1v) is 8.75. The number of amides is 2. The molecule has 0 N–H and O–H groups in total. The van der Waals surface area contributed by atoms with E-state index >= 15 is 0 Å². The third-order valence-corrected chi connectivity index (χ3v) is 5.52. The van der Waals surface area contributed by atoms with Crippen molar-refractivity contribution in [2.24, 2.45) is 5.92 Å². The Balaban J connectivity index is 1.45. The van der Waals surface area contributed by atoms with Crippen LogP contribution in [0.5, 0.6) is 0 Å². The molecule has 0 saturated carbocycles. The summed E-state index contributed by atoms with van der Waals surface area (Å²) in [7, 11) is 0. The van der Waals surface area contributed by atoms with E-state index in [0.717, 1.165) is 39.0 Å². The fourth-order valence-electron chi connectivity index (χ4n) is 4.24. The molecule has 0 radical (unpaired) electrons. The average Bonchev–Trinajstić information content (AvgIpc) is 3.26. The van der Waals surface area contributed by atoms with Crippen LogP contribution in [0.4, 0.5) is 0 Å². The predicted molar refractivity (Wildman–Crippen MR) is 84.3 cm³/mol. The van der Waals surface area contributed by atoms with Gasteiger partial charge in [0.2, 0.25) is 5.91 Å². The van der Waals surface area contributed by atoms with Gasteiger partial charge in [0.1, 0.15) is 5.76 Å². The van der Waals surface area contributed by atoms with Crippen molar-refractivity contribution in [1.82, 2.24) is 15.0 Å². The van der Waals surface area contributed by atoms with E-state index < -0.39 is 0 Å². The molecule has 3 aliphatic heterocycles. The van der Waals surface area contributed by atoms with E-state index in [-0.39, 0.29) is 23.9 Å². The first-order chi connectivity index (χ1) is 11.6. The number of fused-ring (bicyclic) bond motifs is 1. The van der Waals surface area contributed by atoms with E-state index in [2.05, 4.69) is 5.16 Å². The van der Waals surface area contributed by atoms with E-state index in [1.165, 1.54) is 0 Å². The Kier molecular flexibility index (Phi) is 4.04. The van der Waals surface area contributed by atoms with E-state index in [0.29, 0.717) is 30.3 Å². The lowest BCUT2D eigenvalue weighted by Gasteiger charge is -2.30. The maximum atomic E-state index is 12.7. The average molecular weight is 333 g/mol. The highest BCUT2D eigenvalue weighted by Gasteiger charge is 2.49. The molecule has 7 nitrogen and oxygen atoms in total. The van der Waals surface area contributed by atoms with Crippen molar-refractivity contribution < 1.29 is 18.8 Å². The second-order valence-electron chi connectivity index (χ2n) is 7.05. The van der Waals surface area contributed by atoms with Gasteiger partial charge in [-0.1, -0.05) is 5.16 Å². The molecule has 1 aromatic heterocycles. The molecule has 0 spiro atoms. The van der Waals surface area contributed by atoms with Gasteiger partial charge in [0.25, 0.3) is 5.91 Å². The van der Waals surface area contributed by atoms with Gasteiger partial charge in [-0.15, -0.1) is 0 Å². The van der Waals surface area contributed by atoms with Crippen molar-refractivity contribution in [1.29, 1.82) is 0 Å². The Morgan fingerprint density at radius 2 is 2.08 bits per heavy atom. The first-order valence-electron chi connectivity index (χ1n) is 8.75. The van der Waals surface area contributed by atoms with Gasteiger partial charge in [-0.05, 0) is 32.1 Å². The molecule has 0 aromatic carbocycles. The SMILES string of the molecule is Cc1cc(C(=O)N2CC[C@@H]3[C@@H]2CC(=O)N3CC2CCOCC2)no1. The van der Waals surface area contributed by atoms with Crippen LogP contribution >= 0.6 is 0 Å². The highest BCUT2D eigenvalue weighted by Crippen LogP contribution is 2.34. The van der Waals surface area contributed by atoms with E-state index in [1.807, 2.05) is 9.80 Å². The normalized spacial score (nSPS) is 27.8. The van der Waals surface area contributed by atoms with E-state index in [4.69, 9.17) is 9.26 Å². The van der Waals surface area contributed by atoms with Crippen molar-refractivity contribution >= 4 is 11.8 Å². The zero-order valence-corrected chi connectivity index (χ0v) is 13.9. The summed E-state index contributed by atoms with van der Waals surface area (Å²) in [6.07, 6.45) is 3.31. The molecule has 0 aliphatic carbocycles. The van der Waals surface area contributed by atoms with Crippen molar-refractivity contribution in [3.8, 4) is 0 Å². The lowest BCUT2D eigenvalue weighted by Crippen LogP contribution is -2.42. The van der Waals surface area contributed by atoms with Gasteiger partial charge < -0.3 is 19.1 Å². The molecule has 2 amide bonds. The Morgan fingerprint density at radius 1 is 1.29 bits per heavy atom. The lowest BCUT2D eigenvalue weighted by atomic mass is 9.99. The molecular weight excluding hydrogens is 310 g/mol. The minimum atomic E-state index is -0.125. The summed E-state index contributed by atoms with van der Waals surface area (Å²) in [6, 6.07) is 1.78. The quantitative estimate of drug-likeness (QED) is 0.831. The number of nitrogens with zero attached hydrogens (tertiary/aromatic N) is 3. The number of hydrogen-bond acceptors (Lipinski definition) is 5. The van der Waals surface area contributed by atoms with Crippen molar-refractivity contribution in [2.45, 2.75) is 44.7 Å². The number of carbonyl (C=O) groups is 2. The Hall–Kier alpha value is -1.89. The summed E-state index contributed by atoms with van der Waals surface area (Å²) in [5, 5.41) is 3.83. The van der Waals surface area contributed by atoms with Crippen LogP contribution in [0.1, 0.15) is 41.9 Å². The molecule has 4 rings (SSSR count). The van der Waals surface area contributed by atoms with Crippen LogP contribution in [0, 0.1) is 12.8 Å². The number of carbonyl (C=O) groups excluding carboxylic acids is 2. The monoisotopic (exact) mass is 333 g/mol. The smallest absolute Gasteiger partial charge is 0.276 e. The molecule has 7 heteroatoms. The molecule has 4 heterocycles. The number of ether oxygens (including phenoxy) is 1. The minimum absolute atomic E-state index is 0.0261. The van der Waals surface area contributed by atoms with Gasteiger partial charge in [-0.3, -0.25) is 9.59 Å². The third-order valence-electron chi connectivity index (χ3n) is 5.52. The molecular formula is C17H23N3O4. The second-order valence-corrected chi connectivity index (χ2v) is 7.05. The molecule has 130 valence electrons. The van der Waals surface area contributed by atoms with E-state index in [9.17, 15) is 9.59 Å². The second kappa shape index (κ2) is 6.20.